The van der Waals surface area contributed by atoms with Gasteiger partial charge in [0.1, 0.15) is 5.75 Å². The summed E-state index contributed by atoms with van der Waals surface area (Å²) in [6.07, 6.45) is 2.06. The van der Waals surface area contributed by atoms with Gasteiger partial charge in [-0.1, -0.05) is 25.4 Å². The Kier molecular flexibility index (Phi) is 5.29. The number of halogens is 1. The summed E-state index contributed by atoms with van der Waals surface area (Å²) < 4.78 is 5.48. The number of hydrogen-bond donors (Lipinski definition) is 1. The van der Waals surface area contributed by atoms with E-state index in [1.54, 1.807) is 12.1 Å². The number of carbonyl (C=O) groups is 1. The van der Waals surface area contributed by atoms with Crippen molar-refractivity contribution in [1.29, 1.82) is 0 Å². The molecule has 0 heterocycles. The van der Waals surface area contributed by atoms with Crippen LogP contribution in [0, 0.1) is 5.92 Å². The number of carboxylic acids is 1. The second-order valence-electron chi connectivity index (χ2n) is 4.33. The molecule has 1 aromatic carbocycles. The summed E-state index contributed by atoms with van der Waals surface area (Å²) >= 11 is 5.76. The van der Waals surface area contributed by atoms with Crippen LogP contribution in [0.25, 0.3) is 0 Å². The molecule has 1 rings (SSSR count). The second kappa shape index (κ2) is 6.50. The predicted molar refractivity (Wildman–Crippen MR) is 68.0 cm³/mol. The van der Waals surface area contributed by atoms with Gasteiger partial charge in [0.2, 0.25) is 0 Å². The minimum absolute atomic E-state index is 0.0769. The molecule has 17 heavy (non-hydrogen) atoms. The highest BCUT2D eigenvalue weighted by molar-refractivity contribution is 6.33. The Morgan fingerprint density at radius 3 is 2.76 bits per heavy atom. The zero-order chi connectivity index (χ0) is 12.8. The van der Waals surface area contributed by atoms with Crippen molar-refractivity contribution in [1.82, 2.24) is 0 Å². The molecule has 0 aliphatic carbocycles. The zero-order valence-corrected chi connectivity index (χ0v) is 10.8. The van der Waals surface area contributed by atoms with Crippen molar-refractivity contribution >= 4 is 17.6 Å². The monoisotopic (exact) mass is 256 g/mol. The lowest BCUT2D eigenvalue weighted by molar-refractivity contribution is 0.0696. The minimum Gasteiger partial charge on any atom is -0.494 e. The molecule has 0 radical (unpaired) electrons. The Morgan fingerprint density at radius 2 is 2.18 bits per heavy atom. The molecule has 0 spiro atoms. The van der Waals surface area contributed by atoms with E-state index in [0.717, 1.165) is 12.8 Å². The second-order valence-corrected chi connectivity index (χ2v) is 4.74. The van der Waals surface area contributed by atoms with Crippen LogP contribution in [0.15, 0.2) is 18.2 Å². The van der Waals surface area contributed by atoms with Crippen molar-refractivity contribution in [2.45, 2.75) is 26.7 Å². The summed E-state index contributed by atoms with van der Waals surface area (Å²) in [7, 11) is 0. The maximum absolute atomic E-state index is 10.9. The molecule has 94 valence electrons. The highest BCUT2D eigenvalue weighted by Gasteiger charge is 2.09. The fraction of sp³-hybridized carbons (Fsp3) is 0.462. The van der Waals surface area contributed by atoms with Gasteiger partial charge in [-0.05, 0) is 37.0 Å². The lowest BCUT2D eigenvalue weighted by atomic mass is 10.1. The third-order valence-electron chi connectivity index (χ3n) is 2.36. The lowest BCUT2D eigenvalue weighted by Crippen LogP contribution is -2.02. The lowest BCUT2D eigenvalue weighted by Gasteiger charge is -2.08. The molecule has 0 aliphatic heterocycles. The first kappa shape index (κ1) is 13.8. The minimum atomic E-state index is -1.04. The number of carboxylic acid groups (broad SMARTS) is 1. The van der Waals surface area contributed by atoms with Crippen molar-refractivity contribution in [2.75, 3.05) is 6.61 Å². The topological polar surface area (TPSA) is 46.5 Å². The van der Waals surface area contributed by atoms with Gasteiger partial charge in [-0.25, -0.2) is 4.79 Å². The summed E-state index contributed by atoms with van der Waals surface area (Å²) in [5, 5.41) is 9.12. The normalized spacial score (nSPS) is 10.6. The van der Waals surface area contributed by atoms with Crippen LogP contribution in [-0.4, -0.2) is 17.7 Å². The van der Waals surface area contributed by atoms with Crippen molar-refractivity contribution in [3.8, 4) is 5.75 Å². The summed E-state index contributed by atoms with van der Waals surface area (Å²) in [4.78, 5) is 10.9. The van der Waals surface area contributed by atoms with E-state index in [4.69, 9.17) is 21.4 Å². The molecule has 0 aliphatic rings. The van der Waals surface area contributed by atoms with Crippen LogP contribution in [0.4, 0.5) is 0 Å². The molecule has 0 bridgehead atoms. The Balaban J connectivity index is 2.54. The van der Waals surface area contributed by atoms with Crippen LogP contribution in [0.2, 0.25) is 5.02 Å². The fourth-order valence-corrected chi connectivity index (χ4v) is 1.64. The van der Waals surface area contributed by atoms with Gasteiger partial charge in [-0.2, -0.15) is 0 Å². The van der Waals surface area contributed by atoms with Crippen molar-refractivity contribution in [3.05, 3.63) is 28.8 Å². The molecular weight excluding hydrogens is 240 g/mol. The number of ether oxygens (including phenoxy) is 1. The van der Waals surface area contributed by atoms with E-state index >= 15 is 0 Å². The summed E-state index contributed by atoms with van der Waals surface area (Å²) in [5.74, 6) is 0.164. The van der Waals surface area contributed by atoms with E-state index in [0.29, 0.717) is 18.3 Å². The van der Waals surface area contributed by atoms with Crippen molar-refractivity contribution in [2.24, 2.45) is 5.92 Å². The smallest absolute Gasteiger partial charge is 0.337 e. The van der Waals surface area contributed by atoms with E-state index < -0.39 is 5.97 Å². The molecule has 1 N–H and O–H groups in total. The first-order valence-electron chi connectivity index (χ1n) is 5.66. The van der Waals surface area contributed by atoms with Gasteiger partial charge >= 0.3 is 5.97 Å². The number of hydrogen-bond acceptors (Lipinski definition) is 2. The standard InChI is InChI=1S/C13H17ClO3/c1-9(2)4-3-7-17-10-5-6-12(14)11(8-10)13(15)16/h5-6,8-9H,3-4,7H2,1-2H3,(H,15,16). The quantitative estimate of drug-likeness (QED) is 0.787. The maximum Gasteiger partial charge on any atom is 0.337 e. The largest absolute Gasteiger partial charge is 0.494 e. The average molecular weight is 257 g/mol. The van der Waals surface area contributed by atoms with E-state index in [9.17, 15) is 4.79 Å². The van der Waals surface area contributed by atoms with Crippen LogP contribution in [-0.2, 0) is 0 Å². The van der Waals surface area contributed by atoms with Gasteiger partial charge in [0, 0.05) is 0 Å². The first-order chi connectivity index (χ1) is 8.00. The van der Waals surface area contributed by atoms with E-state index in [-0.39, 0.29) is 10.6 Å². The Hall–Kier alpha value is -1.22. The van der Waals surface area contributed by atoms with Crippen LogP contribution in [0.1, 0.15) is 37.0 Å². The number of aromatic carboxylic acids is 1. The van der Waals surface area contributed by atoms with E-state index in [1.807, 2.05) is 0 Å². The molecule has 0 amide bonds. The SMILES string of the molecule is CC(C)CCCOc1ccc(Cl)c(C(=O)O)c1. The number of rotatable bonds is 6. The first-order valence-corrected chi connectivity index (χ1v) is 6.04. The molecule has 4 heteroatoms. The molecule has 0 aromatic heterocycles. The molecule has 0 atom stereocenters. The average Bonchev–Trinajstić information content (AvgIpc) is 2.25. The molecule has 0 saturated carbocycles. The molecule has 0 unspecified atom stereocenters. The van der Waals surface area contributed by atoms with Gasteiger partial charge in [0.25, 0.3) is 0 Å². The van der Waals surface area contributed by atoms with Crippen molar-refractivity contribution in [3.63, 3.8) is 0 Å². The van der Waals surface area contributed by atoms with E-state index in [2.05, 4.69) is 13.8 Å². The molecule has 3 nitrogen and oxygen atoms in total. The maximum atomic E-state index is 10.9. The third-order valence-corrected chi connectivity index (χ3v) is 2.69. The third kappa shape index (κ3) is 4.65. The van der Waals surface area contributed by atoms with Crippen LogP contribution in [0.5, 0.6) is 5.75 Å². The highest BCUT2D eigenvalue weighted by Crippen LogP contribution is 2.22. The van der Waals surface area contributed by atoms with Crippen LogP contribution >= 0.6 is 11.6 Å². The summed E-state index contributed by atoms with van der Waals surface area (Å²) in [5.41, 5.74) is 0.0769. The predicted octanol–water partition coefficient (Wildman–Crippen LogP) is 3.85. The van der Waals surface area contributed by atoms with Gasteiger partial charge in [-0.15, -0.1) is 0 Å². The molecule has 1 aromatic rings. The van der Waals surface area contributed by atoms with Crippen LogP contribution in [0.3, 0.4) is 0 Å². The number of benzene rings is 1. The van der Waals surface area contributed by atoms with Gasteiger partial charge in [0.05, 0.1) is 17.2 Å². The van der Waals surface area contributed by atoms with Gasteiger partial charge in [0.15, 0.2) is 0 Å². The summed E-state index contributed by atoms with van der Waals surface area (Å²) in [6.45, 7) is 4.91. The van der Waals surface area contributed by atoms with Gasteiger partial charge in [-0.3, -0.25) is 0 Å². The van der Waals surface area contributed by atoms with Crippen molar-refractivity contribution < 1.29 is 14.6 Å². The van der Waals surface area contributed by atoms with E-state index in [1.165, 1.54) is 6.07 Å². The van der Waals surface area contributed by atoms with Gasteiger partial charge < -0.3 is 9.84 Å². The molecular formula is C13H17ClO3. The Labute approximate surface area is 106 Å². The molecule has 0 saturated heterocycles. The Morgan fingerprint density at radius 1 is 1.47 bits per heavy atom. The summed E-state index contributed by atoms with van der Waals surface area (Å²) in [6, 6.07) is 4.69. The fourth-order valence-electron chi connectivity index (χ4n) is 1.44. The molecule has 0 fully saturated rings. The highest BCUT2D eigenvalue weighted by atomic mass is 35.5. The Bertz CT molecular complexity index is 388. The van der Waals surface area contributed by atoms with Crippen LogP contribution < -0.4 is 4.74 Å². The zero-order valence-electron chi connectivity index (χ0n) is 10.1.